The van der Waals surface area contributed by atoms with E-state index in [1.807, 2.05) is 0 Å². The standard InChI is InChI=1S/C25H25F4N7O2/c1-2-4-20(37)34-9-3-5-18(8-10-34)36-23(30)21(24(31)38)22(33-36)16-12-32-35(14-16)13-15-11-17(25(27,28)29)6-7-19(15)26/h6-7,11-12,14,18H,3,5,8-10,13,30H2,1H3,(H2,31,38)/t18-/m0/s1. The van der Waals surface area contributed by atoms with E-state index in [1.165, 1.54) is 21.8 Å². The molecule has 4 rings (SSSR count). The summed E-state index contributed by atoms with van der Waals surface area (Å²) in [5.41, 5.74) is 11.2. The number of carbonyl (C=O) groups excluding carboxylic acids is 2. The number of nitrogens with two attached hydrogens (primary N) is 2. The molecule has 1 fully saturated rings. The molecule has 0 bridgehead atoms. The van der Waals surface area contributed by atoms with Crippen molar-refractivity contribution in [1.29, 1.82) is 0 Å². The fourth-order valence-corrected chi connectivity index (χ4v) is 4.50. The number of nitrogen functional groups attached to an aromatic ring is 1. The minimum Gasteiger partial charge on any atom is -0.383 e. The summed E-state index contributed by atoms with van der Waals surface area (Å²) >= 11 is 0. The molecule has 3 heterocycles. The summed E-state index contributed by atoms with van der Waals surface area (Å²) in [5, 5.41) is 8.64. The molecule has 4 N–H and O–H groups in total. The molecule has 3 aromatic rings. The summed E-state index contributed by atoms with van der Waals surface area (Å²) in [7, 11) is 0. The van der Waals surface area contributed by atoms with Crippen molar-refractivity contribution in [3.8, 4) is 23.1 Å². The Morgan fingerprint density at radius 2 is 1.97 bits per heavy atom. The molecule has 1 atom stereocenters. The van der Waals surface area contributed by atoms with E-state index < -0.39 is 23.5 Å². The predicted octanol–water partition coefficient (Wildman–Crippen LogP) is 3.21. The molecular weight excluding hydrogens is 506 g/mol. The smallest absolute Gasteiger partial charge is 0.383 e. The van der Waals surface area contributed by atoms with Gasteiger partial charge in [0.05, 0.1) is 24.3 Å². The Morgan fingerprint density at radius 3 is 2.66 bits per heavy atom. The maximum absolute atomic E-state index is 14.2. The highest BCUT2D eigenvalue weighted by atomic mass is 19.4. The Kier molecular flexibility index (Phi) is 7.43. The van der Waals surface area contributed by atoms with Crippen molar-refractivity contribution >= 4 is 17.6 Å². The molecule has 200 valence electrons. The first-order chi connectivity index (χ1) is 18.0. The lowest BCUT2D eigenvalue weighted by Crippen LogP contribution is -2.31. The van der Waals surface area contributed by atoms with Crippen molar-refractivity contribution < 1.29 is 27.2 Å². The number of hydrogen-bond donors (Lipinski definition) is 2. The van der Waals surface area contributed by atoms with Crippen molar-refractivity contribution in [2.45, 2.75) is 44.9 Å². The number of benzene rings is 1. The number of alkyl halides is 3. The zero-order valence-electron chi connectivity index (χ0n) is 20.4. The normalized spacial score (nSPS) is 16.0. The zero-order chi connectivity index (χ0) is 27.6. The first kappa shape index (κ1) is 26.7. The molecule has 1 saturated heterocycles. The third-order valence-corrected chi connectivity index (χ3v) is 6.37. The quantitative estimate of drug-likeness (QED) is 0.386. The van der Waals surface area contributed by atoms with Gasteiger partial charge in [-0.3, -0.25) is 14.3 Å². The molecule has 0 saturated carbocycles. The van der Waals surface area contributed by atoms with Crippen LogP contribution in [-0.2, 0) is 17.5 Å². The van der Waals surface area contributed by atoms with Gasteiger partial charge in [0.25, 0.3) is 11.8 Å². The van der Waals surface area contributed by atoms with Crippen LogP contribution < -0.4 is 11.5 Å². The van der Waals surface area contributed by atoms with Crippen molar-refractivity contribution in [3.05, 3.63) is 53.1 Å². The summed E-state index contributed by atoms with van der Waals surface area (Å²) in [4.78, 5) is 26.1. The van der Waals surface area contributed by atoms with Crippen LogP contribution >= 0.6 is 0 Å². The maximum Gasteiger partial charge on any atom is 0.416 e. The number of halogens is 4. The second kappa shape index (κ2) is 10.6. The molecule has 2 aromatic heterocycles. The van der Waals surface area contributed by atoms with Crippen LogP contribution in [0.25, 0.3) is 11.3 Å². The molecule has 38 heavy (non-hydrogen) atoms. The molecule has 0 aliphatic carbocycles. The lowest BCUT2D eigenvalue weighted by atomic mass is 10.1. The first-order valence-corrected chi connectivity index (χ1v) is 11.8. The topological polar surface area (TPSA) is 125 Å². The second-order valence-electron chi connectivity index (χ2n) is 8.90. The van der Waals surface area contributed by atoms with Gasteiger partial charge in [0.2, 0.25) is 0 Å². The maximum atomic E-state index is 14.2. The number of nitrogens with zero attached hydrogens (tertiary/aromatic N) is 5. The van der Waals surface area contributed by atoms with Crippen LogP contribution in [0.2, 0.25) is 0 Å². The van der Waals surface area contributed by atoms with Crippen molar-refractivity contribution in [1.82, 2.24) is 24.5 Å². The van der Waals surface area contributed by atoms with Gasteiger partial charge in [-0.25, -0.2) is 9.07 Å². The van der Waals surface area contributed by atoms with E-state index in [2.05, 4.69) is 22.0 Å². The van der Waals surface area contributed by atoms with Crippen LogP contribution in [0.15, 0.2) is 30.6 Å². The van der Waals surface area contributed by atoms with Gasteiger partial charge < -0.3 is 16.4 Å². The molecule has 1 aliphatic rings. The first-order valence-electron chi connectivity index (χ1n) is 11.8. The Labute approximate surface area is 215 Å². The van der Waals surface area contributed by atoms with Crippen LogP contribution in [0.1, 0.15) is 53.7 Å². The van der Waals surface area contributed by atoms with Gasteiger partial charge in [0, 0.05) is 30.4 Å². The fraction of sp³-hybridized carbons (Fsp3) is 0.360. The van der Waals surface area contributed by atoms with Gasteiger partial charge in [0.1, 0.15) is 22.9 Å². The SMILES string of the molecule is CC#CC(=O)N1CCC[C@H](n2nc(-c3cnn(Cc4cc(C(F)(F)F)ccc4F)c3)c(C(N)=O)c2N)CC1. The zero-order valence-corrected chi connectivity index (χ0v) is 20.4. The van der Waals surface area contributed by atoms with Gasteiger partial charge in [-0.2, -0.15) is 23.4 Å². The average Bonchev–Trinajstić information content (AvgIpc) is 3.35. The van der Waals surface area contributed by atoms with Crippen LogP contribution in [0.5, 0.6) is 0 Å². The van der Waals surface area contributed by atoms with Gasteiger partial charge >= 0.3 is 6.18 Å². The van der Waals surface area contributed by atoms with E-state index in [1.54, 1.807) is 11.8 Å². The summed E-state index contributed by atoms with van der Waals surface area (Å²) < 4.78 is 56.2. The predicted molar refractivity (Wildman–Crippen MR) is 130 cm³/mol. The molecule has 1 aromatic carbocycles. The van der Waals surface area contributed by atoms with Crippen LogP contribution in [-0.4, -0.2) is 49.4 Å². The highest BCUT2D eigenvalue weighted by Crippen LogP contribution is 2.33. The Hall–Kier alpha value is -4.34. The molecule has 0 spiro atoms. The van der Waals surface area contributed by atoms with Gasteiger partial charge in [-0.15, -0.1) is 0 Å². The molecule has 9 nitrogen and oxygen atoms in total. The van der Waals surface area contributed by atoms with Gasteiger partial charge in [0.15, 0.2) is 0 Å². The van der Waals surface area contributed by atoms with Crippen molar-refractivity contribution in [2.75, 3.05) is 18.8 Å². The molecule has 2 amide bonds. The number of anilines is 1. The van der Waals surface area contributed by atoms with E-state index in [4.69, 9.17) is 11.5 Å². The van der Waals surface area contributed by atoms with E-state index in [-0.39, 0.29) is 41.1 Å². The van der Waals surface area contributed by atoms with E-state index in [0.717, 1.165) is 12.1 Å². The molecule has 0 unspecified atom stereocenters. The minimum absolute atomic E-state index is 0.0242. The number of amides is 2. The van der Waals surface area contributed by atoms with Crippen LogP contribution in [0.3, 0.4) is 0 Å². The van der Waals surface area contributed by atoms with Crippen LogP contribution in [0, 0.1) is 17.7 Å². The highest BCUT2D eigenvalue weighted by Gasteiger charge is 2.31. The summed E-state index contributed by atoms with van der Waals surface area (Å²) in [5.74, 6) is 3.30. The summed E-state index contributed by atoms with van der Waals surface area (Å²) in [6.07, 6.45) is -0.0150. The number of aromatic nitrogens is 4. The largest absolute Gasteiger partial charge is 0.416 e. The fourth-order valence-electron chi connectivity index (χ4n) is 4.50. The molecule has 0 radical (unpaired) electrons. The summed E-state index contributed by atoms with van der Waals surface area (Å²) in [6, 6.07) is 1.93. The molecule has 13 heteroatoms. The number of hydrogen-bond acceptors (Lipinski definition) is 5. The molecule has 1 aliphatic heterocycles. The van der Waals surface area contributed by atoms with Crippen molar-refractivity contribution in [3.63, 3.8) is 0 Å². The summed E-state index contributed by atoms with van der Waals surface area (Å²) in [6.45, 7) is 2.26. The third-order valence-electron chi connectivity index (χ3n) is 6.37. The Balaban J connectivity index is 1.61. The average molecular weight is 532 g/mol. The third kappa shape index (κ3) is 5.49. The highest BCUT2D eigenvalue weighted by molar-refractivity contribution is 6.03. The minimum atomic E-state index is -4.62. The number of likely N-dealkylation sites (tertiary alicyclic amines) is 1. The lowest BCUT2D eigenvalue weighted by Gasteiger charge is -2.18. The van der Waals surface area contributed by atoms with E-state index in [0.29, 0.717) is 44.0 Å². The Bertz CT molecular complexity index is 1430. The monoisotopic (exact) mass is 531 g/mol. The number of primary amides is 1. The van der Waals surface area contributed by atoms with E-state index in [9.17, 15) is 27.2 Å². The number of carbonyl (C=O) groups is 2. The van der Waals surface area contributed by atoms with Gasteiger partial charge in [-0.05, 0) is 50.3 Å². The molecular formula is C25H25F4N7O2. The van der Waals surface area contributed by atoms with Crippen LogP contribution in [0.4, 0.5) is 23.4 Å². The Morgan fingerprint density at radius 1 is 1.21 bits per heavy atom. The second-order valence-corrected chi connectivity index (χ2v) is 8.90. The van der Waals surface area contributed by atoms with Gasteiger partial charge in [-0.1, -0.05) is 5.92 Å². The van der Waals surface area contributed by atoms with Crippen molar-refractivity contribution in [2.24, 2.45) is 5.73 Å². The number of rotatable bonds is 5. The van der Waals surface area contributed by atoms with E-state index >= 15 is 0 Å². The lowest BCUT2D eigenvalue weighted by molar-refractivity contribution is -0.137.